The highest BCUT2D eigenvalue weighted by molar-refractivity contribution is 9.11. The molecule has 0 aromatic heterocycles. The van der Waals surface area contributed by atoms with E-state index in [1.165, 1.54) is 6.07 Å². The van der Waals surface area contributed by atoms with Gasteiger partial charge in [0.15, 0.2) is 0 Å². The molecular weight excluding hydrogens is 386 g/mol. The van der Waals surface area contributed by atoms with E-state index in [-0.39, 0.29) is 17.4 Å². The Morgan fingerprint density at radius 1 is 1.39 bits per heavy atom. The third-order valence-corrected chi connectivity index (χ3v) is 5.74. The Morgan fingerprint density at radius 3 is 2.67 bits per heavy atom. The molecule has 1 aliphatic rings. The summed E-state index contributed by atoms with van der Waals surface area (Å²) in [5, 5.41) is 9.68. The molecule has 4 nitrogen and oxygen atoms in total. The molecule has 1 saturated carbocycles. The normalized spacial score (nSPS) is 17.7. The maximum atomic E-state index is 12.1. The third-order valence-electron chi connectivity index (χ3n) is 2.83. The van der Waals surface area contributed by atoms with Gasteiger partial charge in [0.05, 0.1) is 11.0 Å². The predicted octanol–water partition coefficient (Wildman–Crippen LogP) is 2.26. The van der Waals surface area contributed by atoms with Gasteiger partial charge in [-0.2, -0.15) is 0 Å². The van der Waals surface area contributed by atoms with Crippen molar-refractivity contribution < 1.29 is 13.5 Å². The van der Waals surface area contributed by atoms with Crippen molar-refractivity contribution in [3.63, 3.8) is 0 Å². The van der Waals surface area contributed by atoms with Gasteiger partial charge in [-0.1, -0.05) is 15.9 Å². The first-order chi connectivity index (χ1) is 8.40. The van der Waals surface area contributed by atoms with E-state index in [4.69, 9.17) is 0 Å². The van der Waals surface area contributed by atoms with E-state index in [2.05, 4.69) is 36.6 Å². The molecule has 1 aliphatic carbocycles. The summed E-state index contributed by atoms with van der Waals surface area (Å²) in [6, 6.07) is 4.94. The second-order valence-corrected chi connectivity index (χ2v) is 7.84. The second kappa shape index (κ2) is 5.58. The van der Waals surface area contributed by atoms with Crippen molar-refractivity contribution in [3.05, 3.63) is 27.1 Å². The van der Waals surface area contributed by atoms with E-state index in [0.29, 0.717) is 8.95 Å². The summed E-state index contributed by atoms with van der Waals surface area (Å²) >= 11 is 6.45. The maximum Gasteiger partial charge on any atom is 0.241 e. The average Bonchev–Trinajstić information content (AvgIpc) is 3.13. The minimum atomic E-state index is -3.60. The van der Waals surface area contributed by atoms with Crippen molar-refractivity contribution in [3.8, 4) is 0 Å². The lowest BCUT2D eigenvalue weighted by molar-refractivity contribution is 0.155. The lowest BCUT2D eigenvalue weighted by Crippen LogP contribution is -2.33. The average molecular weight is 399 g/mol. The molecule has 0 saturated heterocycles. The minimum absolute atomic E-state index is 0.0615. The first-order valence-electron chi connectivity index (χ1n) is 5.53. The molecule has 0 radical (unpaired) electrons. The van der Waals surface area contributed by atoms with Crippen LogP contribution < -0.4 is 4.72 Å². The van der Waals surface area contributed by atoms with Crippen LogP contribution in [0.5, 0.6) is 0 Å². The summed E-state index contributed by atoms with van der Waals surface area (Å²) in [7, 11) is -3.60. The van der Waals surface area contributed by atoms with Gasteiger partial charge in [-0.3, -0.25) is 0 Å². The van der Waals surface area contributed by atoms with Gasteiger partial charge in [0.1, 0.15) is 0 Å². The minimum Gasteiger partial charge on any atom is -0.391 e. The van der Waals surface area contributed by atoms with E-state index in [9.17, 15) is 13.5 Å². The SMILES string of the molecule is O=S(=O)(NCC(O)C1CC1)c1cc(Br)ccc1Br. The van der Waals surface area contributed by atoms with Crippen LogP contribution in [0.4, 0.5) is 0 Å². The first kappa shape index (κ1) is 14.5. The van der Waals surface area contributed by atoms with Crippen LogP contribution in [0.15, 0.2) is 32.0 Å². The highest BCUT2D eigenvalue weighted by Crippen LogP contribution is 2.32. The van der Waals surface area contributed by atoms with E-state index >= 15 is 0 Å². The van der Waals surface area contributed by atoms with Crippen LogP contribution in [0.25, 0.3) is 0 Å². The molecule has 1 atom stereocenters. The molecule has 1 aromatic carbocycles. The molecule has 0 aliphatic heterocycles. The highest BCUT2D eigenvalue weighted by Gasteiger charge is 2.30. The Balaban J connectivity index is 2.11. The zero-order chi connectivity index (χ0) is 13.3. The number of aliphatic hydroxyl groups excluding tert-OH is 1. The summed E-state index contributed by atoms with van der Waals surface area (Å²) < 4.78 is 27.8. The standard InChI is InChI=1S/C11H13Br2NO3S/c12-8-3-4-9(13)11(5-8)18(16,17)14-6-10(15)7-1-2-7/h3-5,7,10,14-15H,1-2,6H2. The van der Waals surface area contributed by atoms with Crippen molar-refractivity contribution in [2.45, 2.75) is 23.8 Å². The molecule has 0 amide bonds. The largest absolute Gasteiger partial charge is 0.391 e. The molecule has 2 N–H and O–H groups in total. The van der Waals surface area contributed by atoms with Crippen LogP contribution in [0.1, 0.15) is 12.8 Å². The summed E-state index contributed by atoms with van der Waals surface area (Å²) in [5.74, 6) is 0.249. The van der Waals surface area contributed by atoms with E-state index in [1.54, 1.807) is 12.1 Å². The maximum absolute atomic E-state index is 12.1. The van der Waals surface area contributed by atoms with Crippen LogP contribution >= 0.6 is 31.9 Å². The number of hydrogen-bond donors (Lipinski definition) is 2. The zero-order valence-electron chi connectivity index (χ0n) is 9.44. The fourth-order valence-electron chi connectivity index (χ4n) is 1.60. The monoisotopic (exact) mass is 397 g/mol. The molecule has 100 valence electrons. The number of hydrogen-bond acceptors (Lipinski definition) is 3. The summed E-state index contributed by atoms with van der Waals surface area (Å²) in [4.78, 5) is 0.167. The van der Waals surface area contributed by atoms with Crippen LogP contribution in [0.3, 0.4) is 0 Å². The van der Waals surface area contributed by atoms with Gasteiger partial charge in [0.25, 0.3) is 0 Å². The molecule has 1 fully saturated rings. The summed E-state index contributed by atoms with van der Waals surface area (Å²) in [5.41, 5.74) is 0. The molecule has 18 heavy (non-hydrogen) atoms. The quantitative estimate of drug-likeness (QED) is 0.799. The molecular formula is C11H13Br2NO3S. The molecule has 7 heteroatoms. The molecule has 0 spiro atoms. The lowest BCUT2D eigenvalue weighted by atomic mass is 10.2. The molecule has 0 heterocycles. The molecule has 1 aromatic rings. The van der Waals surface area contributed by atoms with Crippen molar-refractivity contribution in [1.29, 1.82) is 0 Å². The Bertz CT molecular complexity index is 543. The van der Waals surface area contributed by atoms with Gasteiger partial charge in [-0.15, -0.1) is 0 Å². The van der Waals surface area contributed by atoms with Gasteiger partial charge < -0.3 is 5.11 Å². The number of nitrogens with one attached hydrogen (secondary N) is 1. The summed E-state index contributed by atoms with van der Waals surface area (Å²) in [6.07, 6.45) is 1.36. The number of halogens is 2. The number of benzene rings is 1. The van der Waals surface area contributed by atoms with Crippen molar-refractivity contribution in [2.24, 2.45) is 5.92 Å². The van der Waals surface area contributed by atoms with E-state index in [1.807, 2.05) is 0 Å². The third kappa shape index (κ3) is 3.54. The Kier molecular flexibility index (Phi) is 4.48. The van der Waals surface area contributed by atoms with Crippen molar-refractivity contribution in [2.75, 3.05) is 6.54 Å². The first-order valence-corrected chi connectivity index (χ1v) is 8.60. The van der Waals surface area contributed by atoms with E-state index in [0.717, 1.165) is 12.8 Å². The van der Waals surface area contributed by atoms with Gasteiger partial charge in [-0.25, -0.2) is 13.1 Å². The van der Waals surface area contributed by atoms with Gasteiger partial charge in [0, 0.05) is 15.5 Å². The molecule has 1 unspecified atom stereocenters. The number of rotatable bonds is 5. The topological polar surface area (TPSA) is 66.4 Å². The van der Waals surface area contributed by atoms with Crippen LogP contribution in [-0.2, 0) is 10.0 Å². The fourth-order valence-corrected chi connectivity index (χ4v) is 4.15. The highest BCUT2D eigenvalue weighted by atomic mass is 79.9. The fraction of sp³-hybridized carbons (Fsp3) is 0.455. The van der Waals surface area contributed by atoms with Crippen LogP contribution in [0.2, 0.25) is 0 Å². The van der Waals surface area contributed by atoms with Gasteiger partial charge in [0.2, 0.25) is 10.0 Å². The Morgan fingerprint density at radius 2 is 2.06 bits per heavy atom. The summed E-state index contributed by atoms with van der Waals surface area (Å²) in [6.45, 7) is 0.0615. The lowest BCUT2D eigenvalue weighted by Gasteiger charge is -2.12. The molecule has 2 rings (SSSR count). The van der Waals surface area contributed by atoms with E-state index < -0.39 is 16.1 Å². The molecule has 0 bridgehead atoms. The van der Waals surface area contributed by atoms with Crippen molar-refractivity contribution in [1.82, 2.24) is 4.72 Å². The van der Waals surface area contributed by atoms with Crippen LogP contribution in [-0.4, -0.2) is 26.2 Å². The Hall–Kier alpha value is 0.0500. The number of sulfonamides is 1. The number of aliphatic hydroxyl groups is 1. The van der Waals surface area contributed by atoms with Crippen molar-refractivity contribution >= 4 is 41.9 Å². The predicted molar refractivity (Wildman–Crippen MR) is 75.8 cm³/mol. The zero-order valence-corrected chi connectivity index (χ0v) is 13.4. The van der Waals surface area contributed by atoms with Gasteiger partial charge >= 0.3 is 0 Å². The smallest absolute Gasteiger partial charge is 0.241 e. The van der Waals surface area contributed by atoms with Gasteiger partial charge in [-0.05, 0) is 52.9 Å². The Labute approximate surface area is 123 Å². The van der Waals surface area contributed by atoms with Crippen LogP contribution in [0, 0.1) is 5.92 Å². The second-order valence-electron chi connectivity index (χ2n) is 4.33.